The molecule has 1 aliphatic heterocycles. The lowest BCUT2D eigenvalue weighted by molar-refractivity contribution is 0.102. The van der Waals surface area contributed by atoms with E-state index in [0.717, 1.165) is 65.8 Å². The molecule has 0 bridgehead atoms. The Bertz CT molecular complexity index is 1560. The van der Waals surface area contributed by atoms with Gasteiger partial charge in [0.05, 0.1) is 5.69 Å². The molecular formula is C29H29ClN8OS. The first-order valence-electron chi connectivity index (χ1n) is 13.0. The number of piperazine rings is 1. The first kappa shape index (κ1) is 27.6. The minimum Gasteiger partial charge on any atom is -0.369 e. The van der Waals surface area contributed by atoms with Gasteiger partial charge in [-0.3, -0.25) is 9.69 Å². The van der Waals surface area contributed by atoms with Gasteiger partial charge < -0.3 is 16.0 Å². The molecule has 3 N–H and O–H groups in total. The van der Waals surface area contributed by atoms with Gasteiger partial charge in [-0.1, -0.05) is 53.8 Å². The molecule has 0 saturated carbocycles. The summed E-state index contributed by atoms with van der Waals surface area (Å²) in [7, 11) is 0. The zero-order chi connectivity index (χ0) is 26.4. The lowest BCUT2D eigenvalue weighted by Gasteiger charge is -2.27. The van der Waals surface area contributed by atoms with E-state index < -0.39 is 0 Å². The fourth-order valence-electron chi connectivity index (χ4n) is 4.50. The summed E-state index contributed by atoms with van der Waals surface area (Å²) >= 11 is 1.49. The number of fused-ring (bicyclic) bond motifs is 1. The van der Waals surface area contributed by atoms with Crippen LogP contribution >= 0.6 is 23.7 Å². The Balaban J connectivity index is 0.00000323. The van der Waals surface area contributed by atoms with E-state index in [1.807, 2.05) is 66.7 Å². The van der Waals surface area contributed by atoms with Gasteiger partial charge in [-0.05, 0) is 24.3 Å². The summed E-state index contributed by atoms with van der Waals surface area (Å²) in [5.74, 6) is 0.805. The highest BCUT2D eigenvalue weighted by atomic mass is 35.5. The third-order valence-corrected chi connectivity index (χ3v) is 7.52. The summed E-state index contributed by atoms with van der Waals surface area (Å²) in [5, 5.41) is 10.6. The summed E-state index contributed by atoms with van der Waals surface area (Å²) in [6, 6.07) is 22.9. The molecule has 9 nitrogen and oxygen atoms in total. The molecule has 0 spiro atoms. The first-order chi connectivity index (χ1) is 19.2. The number of thiazole rings is 1. The smallest absolute Gasteiger partial charge is 0.274 e. The molecule has 5 aromatic rings. The van der Waals surface area contributed by atoms with Gasteiger partial charge in [0, 0.05) is 62.7 Å². The number of aromatic nitrogens is 4. The normalized spacial score (nSPS) is 13.5. The van der Waals surface area contributed by atoms with Crippen molar-refractivity contribution in [3.63, 3.8) is 0 Å². The van der Waals surface area contributed by atoms with E-state index in [0.29, 0.717) is 17.3 Å². The average molecular weight is 573 g/mol. The van der Waals surface area contributed by atoms with Gasteiger partial charge in [0.25, 0.3) is 5.91 Å². The molecule has 1 saturated heterocycles. The van der Waals surface area contributed by atoms with Crippen LogP contribution in [0.15, 0.2) is 79.0 Å². The third-order valence-electron chi connectivity index (χ3n) is 6.51. The zero-order valence-electron chi connectivity index (χ0n) is 21.7. The van der Waals surface area contributed by atoms with E-state index in [-0.39, 0.29) is 24.0 Å². The molecule has 3 aromatic heterocycles. The van der Waals surface area contributed by atoms with E-state index in [9.17, 15) is 4.79 Å². The number of hydrogen-bond acceptors (Lipinski definition) is 9. The van der Waals surface area contributed by atoms with Gasteiger partial charge >= 0.3 is 0 Å². The summed E-state index contributed by atoms with van der Waals surface area (Å²) < 4.78 is 0. The number of pyridine rings is 1. The number of para-hydroxylation sites is 1. The van der Waals surface area contributed by atoms with Crippen LogP contribution in [0.1, 0.15) is 10.5 Å². The van der Waals surface area contributed by atoms with Crippen molar-refractivity contribution in [2.75, 3.05) is 49.9 Å². The molecular weight excluding hydrogens is 544 g/mol. The van der Waals surface area contributed by atoms with E-state index >= 15 is 0 Å². The number of amides is 1. The average Bonchev–Trinajstić information content (AvgIpc) is 3.43. The second kappa shape index (κ2) is 12.9. The van der Waals surface area contributed by atoms with Crippen molar-refractivity contribution in [3.8, 4) is 22.0 Å². The summed E-state index contributed by atoms with van der Waals surface area (Å²) in [4.78, 5) is 35.3. The maximum Gasteiger partial charge on any atom is 0.274 e. The summed E-state index contributed by atoms with van der Waals surface area (Å²) in [6.07, 6.45) is 1.76. The molecule has 1 fully saturated rings. The number of nitrogens with zero attached hydrogens (tertiary/aromatic N) is 5. The number of rotatable bonds is 8. The Morgan fingerprint density at radius 2 is 1.75 bits per heavy atom. The van der Waals surface area contributed by atoms with Crippen LogP contribution in [0.3, 0.4) is 0 Å². The van der Waals surface area contributed by atoms with Crippen molar-refractivity contribution in [2.24, 2.45) is 0 Å². The number of carbonyl (C=O) groups is 1. The van der Waals surface area contributed by atoms with E-state index in [1.165, 1.54) is 11.3 Å². The Morgan fingerprint density at radius 1 is 0.950 bits per heavy atom. The number of nitrogens with one attached hydrogen (secondary N) is 3. The molecule has 4 heterocycles. The molecule has 6 rings (SSSR count). The molecule has 0 radical (unpaired) electrons. The lowest BCUT2D eigenvalue weighted by atomic mass is 10.1. The van der Waals surface area contributed by atoms with Gasteiger partial charge in [-0.15, -0.1) is 12.4 Å². The van der Waals surface area contributed by atoms with E-state index in [2.05, 4.69) is 30.8 Å². The standard InChI is InChI=1S/C29H28N8OS.ClH/c38-27(34-22-10-5-4-9-21(22)28-35-23-11-6-12-32-29(23)39-28)24-19-25(31-15-18-37-16-13-30-14-17-37)36-26(33-24)20-7-2-1-3-8-20;/h1-12,19,30H,13-18H2,(H,34,38)(H,31,33,36);1H. The fraction of sp³-hybridized carbons (Fsp3) is 0.207. The third kappa shape index (κ3) is 6.43. The van der Waals surface area contributed by atoms with Crippen LogP contribution in [-0.4, -0.2) is 70.0 Å². The summed E-state index contributed by atoms with van der Waals surface area (Å²) in [5.41, 5.74) is 3.46. The molecule has 1 amide bonds. The number of hydrogen-bond donors (Lipinski definition) is 3. The Labute approximate surface area is 242 Å². The number of carbonyl (C=O) groups excluding carboxylic acids is 1. The largest absolute Gasteiger partial charge is 0.369 e. The fourth-order valence-corrected chi connectivity index (χ4v) is 5.44. The molecule has 11 heteroatoms. The molecule has 0 unspecified atom stereocenters. The minimum absolute atomic E-state index is 0. The molecule has 0 aliphatic carbocycles. The van der Waals surface area contributed by atoms with Crippen molar-refractivity contribution in [2.45, 2.75) is 0 Å². The highest BCUT2D eigenvalue weighted by molar-refractivity contribution is 7.21. The predicted octanol–water partition coefficient (Wildman–Crippen LogP) is 4.81. The maximum absolute atomic E-state index is 13.6. The second-order valence-electron chi connectivity index (χ2n) is 9.19. The number of halogens is 1. The van der Waals surface area contributed by atoms with Crippen LogP contribution in [0, 0.1) is 0 Å². The molecule has 204 valence electrons. The van der Waals surface area contributed by atoms with Gasteiger partial charge in [-0.2, -0.15) is 0 Å². The predicted molar refractivity (Wildman–Crippen MR) is 163 cm³/mol. The van der Waals surface area contributed by atoms with Crippen molar-refractivity contribution in [1.82, 2.24) is 30.2 Å². The highest BCUT2D eigenvalue weighted by Crippen LogP contribution is 2.33. The Hall–Kier alpha value is -3.96. The SMILES string of the molecule is Cl.O=C(Nc1ccccc1-c1nc2cccnc2s1)c1cc(NCCN2CCNCC2)nc(-c2ccccc2)n1. The van der Waals surface area contributed by atoms with Crippen LogP contribution in [0.4, 0.5) is 11.5 Å². The molecule has 1 aliphatic rings. The Kier molecular flexibility index (Phi) is 8.92. The van der Waals surface area contributed by atoms with Crippen LogP contribution in [-0.2, 0) is 0 Å². The molecule has 40 heavy (non-hydrogen) atoms. The molecule has 0 atom stereocenters. The highest BCUT2D eigenvalue weighted by Gasteiger charge is 2.17. The Morgan fingerprint density at radius 3 is 2.58 bits per heavy atom. The minimum atomic E-state index is -0.313. The first-order valence-corrected chi connectivity index (χ1v) is 13.8. The molecule has 2 aromatic carbocycles. The van der Waals surface area contributed by atoms with Gasteiger partial charge in [0.2, 0.25) is 0 Å². The van der Waals surface area contributed by atoms with Crippen LogP contribution < -0.4 is 16.0 Å². The van der Waals surface area contributed by atoms with E-state index in [4.69, 9.17) is 9.97 Å². The maximum atomic E-state index is 13.6. The van der Waals surface area contributed by atoms with Crippen LogP contribution in [0.5, 0.6) is 0 Å². The van der Waals surface area contributed by atoms with Crippen molar-refractivity contribution in [1.29, 1.82) is 0 Å². The number of anilines is 2. The van der Waals surface area contributed by atoms with Crippen LogP contribution in [0.25, 0.3) is 32.3 Å². The van der Waals surface area contributed by atoms with Crippen molar-refractivity contribution in [3.05, 3.63) is 84.7 Å². The number of benzene rings is 2. The van der Waals surface area contributed by atoms with Gasteiger partial charge in [0.15, 0.2) is 5.82 Å². The summed E-state index contributed by atoms with van der Waals surface area (Å²) in [6.45, 7) is 5.69. The van der Waals surface area contributed by atoms with Gasteiger partial charge in [-0.25, -0.2) is 19.9 Å². The van der Waals surface area contributed by atoms with Crippen molar-refractivity contribution < 1.29 is 4.79 Å². The van der Waals surface area contributed by atoms with Gasteiger partial charge in [0.1, 0.15) is 26.9 Å². The monoisotopic (exact) mass is 572 g/mol. The lowest BCUT2D eigenvalue weighted by Crippen LogP contribution is -2.45. The quantitative estimate of drug-likeness (QED) is 0.243. The zero-order valence-corrected chi connectivity index (χ0v) is 23.3. The topological polar surface area (TPSA) is 108 Å². The van der Waals surface area contributed by atoms with Crippen molar-refractivity contribution >= 4 is 51.5 Å². The second-order valence-corrected chi connectivity index (χ2v) is 10.2. The van der Waals surface area contributed by atoms with Crippen LogP contribution in [0.2, 0.25) is 0 Å². The van der Waals surface area contributed by atoms with E-state index in [1.54, 1.807) is 12.3 Å².